The van der Waals surface area contributed by atoms with Crippen LogP contribution in [0.5, 0.6) is 5.75 Å². The van der Waals surface area contributed by atoms with Gasteiger partial charge >= 0.3 is 11.9 Å². The molecule has 1 aliphatic rings. The lowest BCUT2D eigenvalue weighted by Gasteiger charge is -2.22. The van der Waals surface area contributed by atoms with Crippen molar-refractivity contribution in [3.05, 3.63) is 41.5 Å². The van der Waals surface area contributed by atoms with Crippen LogP contribution in [0.1, 0.15) is 17.2 Å². The normalized spacial score (nSPS) is 19.2. The first-order valence-corrected chi connectivity index (χ1v) is 6.72. The lowest BCUT2D eigenvalue weighted by atomic mass is 10.1. The van der Waals surface area contributed by atoms with Crippen LogP contribution >= 0.6 is 0 Å². The average molecular weight is 324 g/mol. The molecule has 0 unspecified atom stereocenters. The third kappa shape index (κ3) is 5.37. The van der Waals surface area contributed by atoms with Gasteiger partial charge in [-0.2, -0.15) is 0 Å². The lowest BCUT2D eigenvalue weighted by Crippen LogP contribution is -2.40. The molecule has 0 aliphatic heterocycles. The molecule has 2 rings (SSSR count). The number of hydrogen-bond donors (Lipinski definition) is 4. The molecule has 0 spiro atoms. The number of aliphatic hydroxyl groups excluding tert-OH is 1. The molecule has 23 heavy (non-hydrogen) atoms. The largest absolute Gasteiger partial charge is 0.497 e. The third-order valence-electron chi connectivity index (χ3n) is 3.36. The molecule has 0 radical (unpaired) electrons. The molecule has 8 heteroatoms. The van der Waals surface area contributed by atoms with Gasteiger partial charge in [0, 0.05) is 19.2 Å². The molecule has 1 aromatic rings. The number of aliphatic carboxylic acids is 2. The van der Waals surface area contributed by atoms with Crippen molar-refractivity contribution in [2.24, 2.45) is 5.84 Å². The minimum absolute atomic E-state index is 0.0351. The van der Waals surface area contributed by atoms with E-state index in [1.165, 1.54) is 0 Å². The molecule has 1 aromatic carbocycles. The van der Waals surface area contributed by atoms with Gasteiger partial charge in [-0.25, -0.2) is 14.6 Å². The molecule has 0 amide bonds. The van der Waals surface area contributed by atoms with Crippen molar-refractivity contribution in [1.82, 2.24) is 5.01 Å². The summed E-state index contributed by atoms with van der Waals surface area (Å²) in [4.78, 5) is 19.1. The minimum atomic E-state index is -1.26. The van der Waals surface area contributed by atoms with Crippen molar-refractivity contribution >= 4 is 11.9 Å². The Balaban J connectivity index is 0.000000284. The summed E-state index contributed by atoms with van der Waals surface area (Å²) in [7, 11) is 3.40. The van der Waals surface area contributed by atoms with E-state index in [4.69, 9.17) is 20.8 Å². The number of nitrogens with two attached hydrogens (primary N) is 1. The van der Waals surface area contributed by atoms with Crippen LogP contribution in [0.2, 0.25) is 0 Å². The fourth-order valence-corrected chi connectivity index (χ4v) is 2.21. The number of nitrogens with zero attached hydrogens (tertiary/aromatic N) is 1. The Morgan fingerprint density at radius 1 is 1.30 bits per heavy atom. The SMILES string of the molecule is COc1ccc2c(c1)[C@@H](O)[C@H](N(C)N)C2.O=C(O)/C=C\C(=O)O. The van der Waals surface area contributed by atoms with Crippen molar-refractivity contribution in [2.75, 3.05) is 14.2 Å². The van der Waals surface area contributed by atoms with Gasteiger partial charge in [0.05, 0.1) is 19.3 Å². The van der Waals surface area contributed by atoms with Crippen LogP contribution in [0.15, 0.2) is 30.4 Å². The van der Waals surface area contributed by atoms with Gasteiger partial charge in [-0.15, -0.1) is 0 Å². The molecule has 0 bridgehead atoms. The van der Waals surface area contributed by atoms with Gasteiger partial charge in [-0.3, -0.25) is 5.84 Å². The molecule has 0 aromatic heterocycles. The molecular weight excluding hydrogens is 304 g/mol. The summed E-state index contributed by atoms with van der Waals surface area (Å²) in [6.07, 6.45) is 1.38. The minimum Gasteiger partial charge on any atom is -0.497 e. The van der Waals surface area contributed by atoms with Crippen LogP contribution in [0.4, 0.5) is 0 Å². The van der Waals surface area contributed by atoms with E-state index in [-0.39, 0.29) is 6.04 Å². The number of ether oxygens (including phenoxy) is 1. The van der Waals surface area contributed by atoms with Crippen LogP contribution in [0, 0.1) is 0 Å². The van der Waals surface area contributed by atoms with E-state index >= 15 is 0 Å². The number of methoxy groups -OCH3 is 1. The summed E-state index contributed by atoms with van der Waals surface area (Å²) in [6.45, 7) is 0. The fourth-order valence-electron chi connectivity index (χ4n) is 2.21. The number of aliphatic hydroxyl groups is 1. The molecular formula is C15H20N2O6. The highest BCUT2D eigenvalue weighted by molar-refractivity contribution is 5.89. The standard InChI is InChI=1S/C11H16N2O2.C4H4O4/c1-13(12)10-5-7-3-4-8(15-2)6-9(7)11(10)14;5-3(6)1-2-4(7)8/h3-4,6,10-11,14H,5,12H2,1-2H3;1-2H,(H,5,6)(H,7,8)/b;2-1-/t10-,11-;/m1./s1. The summed E-state index contributed by atoms with van der Waals surface area (Å²) in [5.41, 5.74) is 2.07. The Hall–Kier alpha value is -2.42. The average Bonchev–Trinajstić information content (AvgIpc) is 2.82. The Labute approximate surface area is 133 Å². The zero-order valence-corrected chi connectivity index (χ0v) is 12.8. The molecule has 0 fully saturated rings. The van der Waals surface area contributed by atoms with Gasteiger partial charge < -0.3 is 20.1 Å². The number of carbonyl (C=O) groups is 2. The van der Waals surface area contributed by atoms with Crippen LogP contribution in [-0.2, 0) is 16.0 Å². The van der Waals surface area contributed by atoms with E-state index in [1.54, 1.807) is 19.2 Å². The first-order chi connectivity index (χ1) is 10.8. The van der Waals surface area contributed by atoms with Crippen LogP contribution in [0.25, 0.3) is 0 Å². The van der Waals surface area contributed by atoms with Gasteiger partial charge in [-0.1, -0.05) is 6.07 Å². The lowest BCUT2D eigenvalue weighted by molar-refractivity contribution is -0.134. The van der Waals surface area contributed by atoms with E-state index in [2.05, 4.69) is 0 Å². The number of fused-ring (bicyclic) bond motifs is 1. The fraction of sp³-hybridized carbons (Fsp3) is 0.333. The second kappa shape index (κ2) is 8.28. The number of carboxylic acid groups (broad SMARTS) is 2. The Bertz CT molecular complexity index is 584. The van der Waals surface area contributed by atoms with Gasteiger partial charge in [0.1, 0.15) is 5.75 Å². The third-order valence-corrected chi connectivity index (χ3v) is 3.36. The van der Waals surface area contributed by atoms with Gasteiger partial charge in [0.15, 0.2) is 0 Å². The molecule has 2 atom stereocenters. The van der Waals surface area contributed by atoms with Gasteiger partial charge in [0.25, 0.3) is 0 Å². The van der Waals surface area contributed by atoms with Crippen molar-refractivity contribution in [3.63, 3.8) is 0 Å². The van der Waals surface area contributed by atoms with Crippen molar-refractivity contribution < 1.29 is 29.6 Å². The van der Waals surface area contributed by atoms with Crippen molar-refractivity contribution in [2.45, 2.75) is 18.6 Å². The zero-order valence-electron chi connectivity index (χ0n) is 12.8. The zero-order chi connectivity index (χ0) is 17.6. The second-order valence-corrected chi connectivity index (χ2v) is 4.96. The second-order valence-electron chi connectivity index (χ2n) is 4.96. The maximum Gasteiger partial charge on any atom is 0.328 e. The molecule has 1 aliphatic carbocycles. The molecule has 0 saturated carbocycles. The molecule has 0 heterocycles. The highest BCUT2D eigenvalue weighted by atomic mass is 16.5. The van der Waals surface area contributed by atoms with Crippen LogP contribution < -0.4 is 10.6 Å². The molecule has 8 nitrogen and oxygen atoms in total. The topological polar surface area (TPSA) is 133 Å². The first kappa shape index (κ1) is 18.6. The van der Waals surface area contributed by atoms with Gasteiger partial charge in [-0.05, 0) is 29.7 Å². The number of hydrazine groups is 1. The molecule has 0 saturated heterocycles. The summed E-state index contributed by atoms with van der Waals surface area (Å²) in [5, 5.41) is 27.2. The predicted molar refractivity (Wildman–Crippen MR) is 81.8 cm³/mol. The molecule has 5 N–H and O–H groups in total. The van der Waals surface area contributed by atoms with E-state index in [0.717, 1.165) is 23.3 Å². The Morgan fingerprint density at radius 3 is 2.30 bits per heavy atom. The number of carboxylic acids is 2. The number of benzene rings is 1. The summed E-state index contributed by atoms with van der Waals surface area (Å²) in [6, 6.07) is 5.74. The Morgan fingerprint density at radius 2 is 1.87 bits per heavy atom. The number of likely N-dealkylation sites (N-methyl/N-ethyl adjacent to an activating group) is 1. The van der Waals surface area contributed by atoms with Crippen molar-refractivity contribution in [3.8, 4) is 5.75 Å². The van der Waals surface area contributed by atoms with E-state index in [1.807, 2.05) is 18.2 Å². The smallest absolute Gasteiger partial charge is 0.328 e. The maximum atomic E-state index is 10.1. The predicted octanol–water partition coefficient (Wildman–Crippen LogP) is 0.171. The van der Waals surface area contributed by atoms with Crippen LogP contribution in [0.3, 0.4) is 0 Å². The van der Waals surface area contributed by atoms with E-state index in [9.17, 15) is 14.7 Å². The van der Waals surface area contributed by atoms with Gasteiger partial charge in [0.2, 0.25) is 0 Å². The Kier molecular flexibility index (Phi) is 6.70. The van der Waals surface area contributed by atoms with Crippen molar-refractivity contribution in [1.29, 1.82) is 0 Å². The summed E-state index contributed by atoms with van der Waals surface area (Å²) in [5.74, 6) is 3.94. The molecule has 126 valence electrons. The first-order valence-electron chi connectivity index (χ1n) is 6.72. The highest BCUT2D eigenvalue weighted by Gasteiger charge is 2.32. The number of hydrogen-bond acceptors (Lipinski definition) is 6. The quantitative estimate of drug-likeness (QED) is 0.350. The summed E-state index contributed by atoms with van der Waals surface area (Å²) >= 11 is 0. The summed E-state index contributed by atoms with van der Waals surface area (Å²) < 4.78 is 5.13. The maximum absolute atomic E-state index is 10.1. The van der Waals surface area contributed by atoms with Crippen LogP contribution in [-0.4, -0.2) is 52.5 Å². The highest BCUT2D eigenvalue weighted by Crippen LogP contribution is 2.35. The van der Waals surface area contributed by atoms with E-state index in [0.29, 0.717) is 12.2 Å². The monoisotopic (exact) mass is 324 g/mol. The number of rotatable bonds is 4. The van der Waals surface area contributed by atoms with E-state index < -0.39 is 18.0 Å².